The lowest BCUT2D eigenvalue weighted by molar-refractivity contribution is -0.127. The van der Waals surface area contributed by atoms with Crippen molar-refractivity contribution >= 4 is 16.7 Å². The molecule has 2 aromatic rings. The Morgan fingerprint density at radius 2 is 1.95 bits per heavy atom. The first kappa shape index (κ1) is 13.4. The van der Waals surface area contributed by atoms with Crippen LogP contribution in [0.2, 0.25) is 0 Å². The van der Waals surface area contributed by atoms with E-state index < -0.39 is 6.10 Å². The third kappa shape index (κ3) is 3.25. The molecule has 19 heavy (non-hydrogen) atoms. The van der Waals surface area contributed by atoms with Crippen LogP contribution in [0.5, 0.6) is 5.75 Å². The molecular weight excluding hydrogens is 238 g/mol. The van der Waals surface area contributed by atoms with Gasteiger partial charge in [0.2, 0.25) is 0 Å². The maximum atomic E-state index is 11.8. The number of amides is 1. The molecule has 0 fully saturated rings. The largest absolute Gasteiger partial charge is 0.480 e. The normalized spacial score (nSPS) is 12.1. The molecule has 0 aliphatic heterocycles. The van der Waals surface area contributed by atoms with Crippen LogP contribution in [0.25, 0.3) is 10.8 Å². The van der Waals surface area contributed by atoms with Crippen molar-refractivity contribution in [2.75, 3.05) is 6.54 Å². The van der Waals surface area contributed by atoms with Gasteiger partial charge >= 0.3 is 0 Å². The second-order valence-electron chi connectivity index (χ2n) is 4.53. The quantitative estimate of drug-likeness (QED) is 0.893. The van der Waals surface area contributed by atoms with Crippen molar-refractivity contribution in [3.8, 4) is 5.75 Å². The Morgan fingerprint density at radius 3 is 2.74 bits per heavy atom. The van der Waals surface area contributed by atoms with Crippen molar-refractivity contribution in [2.45, 2.75) is 26.4 Å². The summed E-state index contributed by atoms with van der Waals surface area (Å²) in [6, 6.07) is 13.9. The highest BCUT2D eigenvalue weighted by atomic mass is 16.5. The Morgan fingerprint density at radius 1 is 1.21 bits per heavy atom. The molecule has 0 saturated heterocycles. The molecule has 3 nitrogen and oxygen atoms in total. The number of hydrogen-bond donors (Lipinski definition) is 1. The van der Waals surface area contributed by atoms with Gasteiger partial charge in [0.1, 0.15) is 5.75 Å². The molecule has 0 bridgehead atoms. The molecule has 0 aliphatic carbocycles. The van der Waals surface area contributed by atoms with Gasteiger partial charge < -0.3 is 10.1 Å². The van der Waals surface area contributed by atoms with Crippen LogP contribution >= 0.6 is 0 Å². The molecule has 0 aromatic heterocycles. The van der Waals surface area contributed by atoms with Crippen molar-refractivity contribution in [2.24, 2.45) is 0 Å². The molecule has 3 heteroatoms. The van der Waals surface area contributed by atoms with Crippen LogP contribution in [-0.4, -0.2) is 18.6 Å². The first-order valence-corrected chi connectivity index (χ1v) is 6.64. The van der Waals surface area contributed by atoms with Gasteiger partial charge in [-0.05, 0) is 24.8 Å². The lowest BCUT2D eigenvalue weighted by Crippen LogP contribution is -2.36. The molecule has 0 heterocycles. The predicted molar refractivity (Wildman–Crippen MR) is 77.3 cm³/mol. The highest BCUT2D eigenvalue weighted by Gasteiger charge is 2.14. The van der Waals surface area contributed by atoms with E-state index in [0.717, 1.165) is 22.9 Å². The molecule has 100 valence electrons. The summed E-state index contributed by atoms with van der Waals surface area (Å²) >= 11 is 0. The fourth-order valence-electron chi connectivity index (χ4n) is 1.93. The maximum absolute atomic E-state index is 11.8. The maximum Gasteiger partial charge on any atom is 0.260 e. The summed E-state index contributed by atoms with van der Waals surface area (Å²) in [5, 5.41) is 4.98. The smallest absolute Gasteiger partial charge is 0.260 e. The lowest BCUT2D eigenvalue weighted by atomic mass is 10.1. The van der Waals surface area contributed by atoms with Crippen LogP contribution < -0.4 is 10.1 Å². The molecule has 0 aliphatic rings. The Kier molecular flexibility index (Phi) is 4.39. The first-order valence-electron chi connectivity index (χ1n) is 6.64. The summed E-state index contributed by atoms with van der Waals surface area (Å²) < 4.78 is 5.77. The standard InChI is InChI=1S/C16H19NO2/c1-3-11-17-16(18)12(2)19-15-10-6-8-13-7-4-5-9-14(13)15/h4-10,12H,3,11H2,1-2H3,(H,17,18)/t12-/m1/s1. The molecule has 2 aromatic carbocycles. The fraction of sp³-hybridized carbons (Fsp3) is 0.312. The van der Waals surface area contributed by atoms with Gasteiger partial charge in [0, 0.05) is 11.9 Å². The van der Waals surface area contributed by atoms with E-state index in [1.165, 1.54) is 0 Å². The van der Waals surface area contributed by atoms with Crippen molar-refractivity contribution in [1.29, 1.82) is 0 Å². The first-order chi connectivity index (χ1) is 9.22. The zero-order valence-electron chi connectivity index (χ0n) is 11.3. The molecule has 0 saturated carbocycles. The summed E-state index contributed by atoms with van der Waals surface area (Å²) in [6.45, 7) is 4.48. The van der Waals surface area contributed by atoms with Crippen LogP contribution in [0.1, 0.15) is 20.3 Å². The molecule has 2 rings (SSSR count). The van der Waals surface area contributed by atoms with Crippen LogP contribution in [0, 0.1) is 0 Å². The summed E-state index contributed by atoms with van der Waals surface area (Å²) in [5.74, 6) is 0.673. The van der Waals surface area contributed by atoms with E-state index in [4.69, 9.17) is 4.74 Å². The van der Waals surface area contributed by atoms with Crippen LogP contribution in [-0.2, 0) is 4.79 Å². The second kappa shape index (κ2) is 6.23. The Balaban J connectivity index is 2.15. The van der Waals surface area contributed by atoms with E-state index in [-0.39, 0.29) is 5.91 Å². The molecular formula is C16H19NO2. The van der Waals surface area contributed by atoms with E-state index in [1.807, 2.05) is 49.4 Å². The van der Waals surface area contributed by atoms with Gasteiger partial charge in [0.05, 0.1) is 0 Å². The number of nitrogens with one attached hydrogen (secondary N) is 1. The number of carbonyl (C=O) groups is 1. The van der Waals surface area contributed by atoms with E-state index in [2.05, 4.69) is 5.32 Å². The molecule has 0 radical (unpaired) electrons. The van der Waals surface area contributed by atoms with Crippen LogP contribution in [0.15, 0.2) is 42.5 Å². The average Bonchev–Trinajstić information content (AvgIpc) is 2.45. The average molecular weight is 257 g/mol. The van der Waals surface area contributed by atoms with E-state index in [1.54, 1.807) is 6.92 Å². The summed E-state index contributed by atoms with van der Waals surface area (Å²) in [5.41, 5.74) is 0. The topological polar surface area (TPSA) is 38.3 Å². The molecule has 0 unspecified atom stereocenters. The Bertz CT molecular complexity index is 560. The zero-order valence-corrected chi connectivity index (χ0v) is 11.3. The van der Waals surface area contributed by atoms with Crippen molar-refractivity contribution in [1.82, 2.24) is 5.32 Å². The van der Waals surface area contributed by atoms with Gasteiger partial charge in [-0.15, -0.1) is 0 Å². The number of ether oxygens (including phenoxy) is 1. The summed E-state index contributed by atoms with van der Waals surface area (Å²) in [7, 11) is 0. The van der Waals surface area contributed by atoms with Gasteiger partial charge in [-0.3, -0.25) is 4.79 Å². The van der Waals surface area contributed by atoms with Gasteiger partial charge in [-0.1, -0.05) is 43.3 Å². The molecule has 0 spiro atoms. The third-order valence-electron chi connectivity index (χ3n) is 2.97. The van der Waals surface area contributed by atoms with E-state index >= 15 is 0 Å². The number of benzene rings is 2. The van der Waals surface area contributed by atoms with Crippen molar-refractivity contribution < 1.29 is 9.53 Å². The highest BCUT2D eigenvalue weighted by Crippen LogP contribution is 2.25. The minimum atomic E-state index is -0.489. The second-order valence-corrected chi connectivity index (χ2v) is 4.53. The number of fused-ring (bicyclic) bond motifs is 1. The highest BCUT2D eigenvalue weighted by molar-refractivity contribution is 5.89. The SMILES string of the molecule is CCCNC(=O)[C@@H](C)Oc1cccc2ccccc12. The van der Waals surface area contributed by atoms with E-state index in [0.29, 0.717) is 6.54 Å². The van der Waals surface area contributed by atoms with Gasteiger partial charge in [-0.25, -0.2) is 0 Å². The lowest BCUT2D eigenvalue weighted by Gasteiger charge is -2.16. The summed E-state index contributed by atoms with van der Waals surface area (Å²) in [6.07, 6.45) is 0.435. The minimum Gasteiger partial charge on any atom is -0.480 e. The van der Waals surface area contributed by atoms with Crippen molar-refractivity contribution in [3.63, 3.8) is 0 Å². The van der Waals surface area contributed by atoms with E-state index in [9.17, 15) is 4.79 Å². The van der Waals surface area contributed by atoms with Crippen LogP contribution in [0.4, 0.5) is 0 Å². The van der Waals surface area contributed by atoms with Crippen LogP contribution in [0.3, 0.4) is 0 Å². The molecule has 1 atom stereocenters. The third-order valence-corrected chi connectivity index (χ3v) is 2.97. The molecule has 1 amide bonds. The van der Waals surface area contributed by atoms with Gasteiger partial charge in [0.15, 0.2) is 6.10 Å². The van der Waals surface area contributed by atoms with Gasteiger partial charge in [-0.2, -0.15) is 0 Å². The van der Waals surface area contributed by atoms with Crippen molar-refractivity contribution in [3.05, 3.63) is 42.5 Å². The fourth-order valence-corrected chi connectivity index (χ4v) is 1.93. The Labute approximate surface area is 113 Å². The number of rotatable bonds is 5. The number of hydrogen-bond acceptors (Lipinski definition) is 2. The minimum absolute atomic E-state index is 0.0743. The monoisotopic (exact) mass is 257 g/mol. The number of carbonyl (C=O) groups excluding carboxylic acids is 1. The predicted octanol–water partition coefficient (Wildman–Crippen LogP) is 3.13. The van der Waals surface area contributed by atoms with Gasteiger partial charge in [0.25, 0.3) is 5.91 Å². The summed E-state index contributed by atoms with van der Waals surface area (Å²) in [4.78, 5) is 11.8. The molecule has 1 N–H and O–H groups in total. The zero-order chi connectivity index (χ0) is 13.7. The Hall–Kier alpha value is -2.03.